The number of nitrogen functional groups attached to an aromatic ring is 1. The maximum atomic E-state index is 12.8. The van der Waals surface area contributed by atoms with E-state index in [1.54, 1.807) is 11.3 Å². The number of anilines is 2. The summed E-state index contributed by atoms with van der Waals surface area (Å²) in [6, 6.07) is 6.17. The van der Waals surface area contributed by atoms with Gasteiger partial charge in [0, 0.05) is 22.8 Å². The Kier molecular flexibility index (Phi) is 2.82. The molecule has 1 aliphatic carbocycles. The van der Waals surface area contributed by atoms with E-state index < -0.39 is 0 Å². The molecule has 1 aromatic heterocycles. The number of rotatable bonds is 1. The van der Waals surface area contributed by atoms with Gasteiger partial charge in [0.15, 0.2) is 0 Å². The Balaban J connectivity index is 1.69. The normalized spacial score (nSPS) is 16.1. The first-order valence-electron chi connectivity index (χ1n) is 7.46. The van der Waals surface area contributed by atoms with Gasteiger partial charge in [0.25, 0.3) is 5.91 Å². The number of nitrogens with zero attached hydrogens (tertiary/aromatic N) is 1. The molecule has 21 heavy (non-hydrogen) atoms. The van der Waals surface area contributed by atoms with Crippen LogP contribution in [0, 0.1) is 6.92 Å². The Morgan fingerprint density at radius 1 is 1.19 bits per heavy atom. The summed E-state index contributed by atoms with van der Waals surface area (Å²) in [6.07, 6.45) is 4.42. The number of aryl methyl sites for hydroxylation is 3. The lowest BCUT2D eigenvalue weighted by molar-refractivity contribution is 0.0993. The zero-order valence-electron chi connectivity index (χ0n) is 12.1. The van der Waals surface area contributed by atoms with Crippen LogP contribution in [-0.4, -0.2) is 12.5 Å². The summed E-state index contributed by atoms with van der Waals surface area (Å²) in [7, 11) is 0. The van der Waals surface area contributed by atoms with E-state index in [0.29, 0.717) is 0 Å². The molecule has 0 atom stereocenters. The Bertz CT molecular complexity index is 726. The average molecular weight is 298 g/mol. The maximum absolute atomic E-state index is 12.8. The number of thiophene rings is 1. The molecule has 0 saturated heterocycles. The third-order valence-electron chi connectivity index (χ3n) is 4.57. The number of carbonyl (C=O) groups is 1. The molecular formula is C17H18N2OS. The second kappa shape index (κ2) is 4.60. The Hall–Kier alpha value is -1.81. The average Bonchev–Trinajstić information content (AvgIpc) is 3.12. The highest BCUT2D eigenvalue weighted by Gasteiger charge is 2.28. The van der Waals surface area contributed by atoms with Gasteiger partial charge in [-0.25, -0.2) is 0 Å². The van der Waals surface area contributed by atoms with E-state index in [0.717, 1.165) is 47.6 Å². The van der Waals surface area contributed by atoms with Gasteiger partial charge in [0.05, 0.1) is 4.88 Å². The molecule has 108 valence electrons. The molecule has 0 fully saturated rings. The van der Waals surface area contributed by atoms with Crippen molar-refractivity contribution in [1.29, 1.82) is 0 Å². The number of hydrogen-bond acceptors (Lipinski definition) is 3. The highest BCUT2D eigenvalue weighted by molar-refractivity contribution is 7.14. The van der Waals surface area contributed by atoms with Crippen molar-refractivity contribution < 1.29 is 4.79 Å². The largest absolute Gasteiger partial charge is 0.398 e. The minimum atomic E-state index is 0.136. The Labute approximate surface area is 128 Å². The highest BCUT2D eigenvalue weighted by atomic mass is 32.1. The molecule has 0 radical (unpaired) electrons. The van der Waals surface area contributed by atoms with Crippen LogP contribution in [0.3, 0.4) is 0 Å². The summed E-state index contributed by atoms with van der Waals surface area (Å²) < 4.78 is 0. The van der Waals surface area contributed by atoms with Gasteiger partial charge < -0.3 is 10.6 Å². The first kappa shape index (κ1) is 12.9. The van der Waals surface area contributed by atoms with E-state index in [4.69, 9.17) is 5.73 Å². The molecule has 2 heterocycles. The van der Waals surface area contributed by atoms with Gasteiger partial charge in [-0.1, -0.05) is 6.07 Å². The Morgan fingerprint density at radius 2 is 2.05 bits per heavy atom. The van der Waals surface area contributed by atoms with Crippen LogP contribution in [0.4, 0.5) is 11.4 Å². The topological polar surface area (TPSA) is 46.3 Å². The van der Waals surface area contributed by atoms with Crippen LogP contribution in [0.1, 0.15) is 37.7 Å². The van der Waals surface area contributed by atoms with E-state index in [2.05, 4.69) is 12.1 Å². The second-order valence-corrected chi connectivity index (χ2v) is 7.09. The van der Waals surface area contributed by atoms with Crippen LogP contribution in [0.5, 0.6) is 0 Å². The van der Waals surface area contributed by atoms with E-state index in [1.807, 2.05) is 17.9 Å². The third kappa shape index (κ3) is 1.97. The van der Waals surface area contributed by atoms with Crippen LogP contribution in [-0.2, 0) is 19.3 Å². The Morgan fingerprint density at radius 3 is 2.86 bits per heavy atom. The van der Waals surface area contributed by atoms with Crippen LogP contribution >= 0.6 is 11.3 Å². The summed E-state index contributed by atoms with van der Waals surface area (Å²) in [6.45, 7) is 2.78. The predicted molar refractivity (Wildman–Crippen MR) is 87.3 cm³/mol. The van der Waals surface area contributed by atoms with Crippen LogP contribution in [0.15, 0.2) is 18.2 Å². The molecular weight excluding hydrogens is 280 g/mol. The van der Waals surface area contributed by atoms with Gasteiger partial charge in [-0.3, -0.25) is 4.79 Å². The van der Waals surface area contributed by atoms with Crippen molar-refractivity contribution in [3.63, 3.8) is 0 Å². The summed E-state index contributed by atoms with van der Waals surface area (Å²) in [4.78, 5) is 17.0. The number of amides is 1. The molecule has 0 unspecified atom stereocenters. The first-order valence-corrected chi connectivity index (χ1v) is 8.27. The van der Waals surface area contributed by atoms with Crippen LogP contribution in [0.2, 0.25) is 0 Å². The molecule has 4 heteroatoms. The standard InChI is InChI=1S/C17H18N2OS/c1-10-7-11-5-6-19(14(11)9-13(10)18)17(20)16-8-12-3-2-4-15(12)21-16/h7-9H,2-6,18H2,1H3. The smallest absolute Gasteiger partial charge is 0.268 e. The molecule has 1 aromatic carbocycles. The lowest BCUT2D eigenvalue weighted by Gasteiger charge is -2.17. The molecule has 2 N–H and O–H groups in total. The van der Waals surface area contributed by atoms with Gasteiger partial charge in [0.2, 0.25) is 0 Å². The zero-order valence-corrected chi connectivity index (χ0v) is 12.9. The van der Waals surface area contributed by atoms with E-state index >= 15 is 0 Å². The summed E-state index contributed by atoms with van der Waals surface area (Å²) >= 11 is 1.68. The number of benzene rings is 1. The molecule has 0 bridgehead atoms. The number of nitrogens with two attached hydrogens (primary N) is 1. The van der Waals surface area contributed by atoms with Gasteiger partial charge in [-0.15, -0.1) is 11.3 Å². The first-order chi connectivity index (χ1) is 10.1. The van der Waals surface area contributed by atoms with Crippen molar-refractivity contribution >= 4 is 28.6 Å². The monoisotopic (exact) mass is 298 g/mol. The molecule has 2 aliphatic rings. The minimum absolute atomic E-state index is 0.136. The van der Waals surface area contributed by atoms with Crippen molar-refractivity contribution in [3.8, 4) is 0 Å². The van der Waals surface area contributed by atoms with E-state index in [-0.39, 0.29) is 5.91 Å². The van der Waals surface area contributed by atoms with Crippen LogP contribution in [0.25, 0.3) is 0 Å². The molecule has 1 aliphatic heterocycles. The van der Waals surface area contributed by atoms with Crippen molar-refractivity contribution in [2.24, 2.45) is 0 Å². The number of carbonyl (C=O) groups excluding carboxylic acids is 1. The number of fused-ring (bicyclic) bond motifs is 2. The van der Waals surface area contributed by atoms with E-state index in [9.17, 15) is 4.79 Å². The molecule has 1 amide bonds. The lowest BCUT2D eigenvalue weighted by Crippen LogP contribution is -2.28. The van der Waals surface area contributed by atoms with E-state index in [1.165, 1.54) is 22.4 Å². The molecule has 4 rings (SSSR count). The predicted octanol–water partition coefficient (Wildman–Crippen LogP) is 3.33. The summed E-state index contributed by atoms with van der Waals surface area (Å²) in [5, 5.41) is 0. The fourth-order valence-corrected chi connectivity index (χ4v) is 4.56. The zero-order chi connectivity index (χ0) is 14.6. The van der Waals surface area contributed by atoms with Crippen molar-refractivity contribution in [3.05, 3.63) is 44.6 Å². The minimum Gasteiger partial charge on any atom is -0.398 e. The van der Waals surface area contributed by atoms with Crippen molar-refractivity contribution in [2.45, 2.75) is 32.6 Å². The molecule has 2 aromatic rings. The molecule has 0 spiro atoms. The number of hydrogen-bond donors (Lipinski definition) is 1. The molecule has 0 saturated carbocycles. The summed E-state index contributed by atoms with van der Waals surface area (Å²) in [5.41, 5.74) is 11.5. The summed E-state index contributed by atoms with van der Waals surface area (Å²) in [5.74, 6) is 0.136. The van der Waals surface area contributed by atoms with Crippen LogP contribution < -0.4 is 10.6 Å². The highest BCUT2D eigenvalue weighted by Crippen LogP contribution is 2.36. The SMILES string of the molecule is Cc1cc2c(cc1N)N(C(=O)c1cc3c(s1)CCC3)CC2. The van der Waals surface area contributed by atoms with Gasteiger partial charge in [-0.05, 0) is 61.4 Å². The fraction of sp³-hybridized carbons (Fsp3) is 0.353. The van der Waals surface area contributed by atoms with Crippen molar-refractivity contribution in [1.82, 2.24) is 0 Å². The van der Waals surface area contributed by atoms with Gasteiger partial charge in [-0.2, -0.15) is 0 Å². The quantitative estimate of drug-likeness (QED) is 0.821. The fourth-order valence-electron chi connectivity index (χ4n) is 3.36. The van der Waals surface area contributed by atoms with Gasteiger partial charge in [0.1, 0.15) is 0 Å². The molecule has 3 nitrogen and oxygen atoms in total. The third-order valence-corrected chi connectivity index (χ3v) is 5.79. The lowest BCUT2D eigenvalue weighted by atomic mass is 10.1. The maximum Gasteiger partial charge on any atom is 0.268 e. The van der Waals surface area contributed by atoms with Crippen molar-refractivity contribution in [2.75, 3.05) is 17.2 Å². The van der Waals surface area contributed by atoms with Gasteiger partial charge >= 0.3 is 0 Å². The second-order valence-electron chi connectivity index (χ2n) is 5.96.